The van der Waals surface area contributed by atoms with Gasteiger partial charge >= 0.3 is 5.97 Å². The zero-order valence-electron chi connectivity index (χ0n) is 15.7. The zero-order chi connectivity index (χ0) is 19.9. The molecule has 0 aliphatic rings. The van der Waals surface area contributed by atoms with Gasteiger partial charge in [0.2, 0.25) is 0 Å². The van der Waals surface area contributed by atoms with E-state index in [-0.39, 0.29) is 5.56 Å². The molecule has 1 heterocycles. The first kappa shape index (κ1) is 19.7. The summed E-state index contributed by atoms with van der Waals surface area (Å²) in [5, 5.41) is 12.0. The highest BCUT2D eigenvalue weighted by Gasteiger charge is 2.21. The third-order valence-corrected chi connectivity index (χ3v) is 7.29. The van der Waals surface area contributed by atoms with Gasteiger partial charge in [0.05, 0.1) is 24.4 Å². The number of benzene rings is 2. The summed E-state index contributed by atoms with van der Waals surface area (Å²) in [6.45, 7) is 8.70. The molecule has 0 saturated carbocycles. The Morgan fingerprint density at radius 2 is 1.63 bits per heavy atom. The van der Waals surface area contributed by atoms with Crippen LogP contribution in [0.15, 0.2) is 48.5 Å². The third-order valence-electron chi connectivity index (χ3n) is 4.68. The monoisotopic (exact) mass is 417 g/mol. The van der Waals surface area contributed by atoms with Gasteiger partial charge in [-0.15, -0.1) is 0 Å². The average Bonchev–Trinajstić information content (AvgIpc) is 2.91. The topological polar surface area (TPSA) is 42.2 Å². The van der Waals surface area contributed by atoms with Crippen molar-refractivity contribution in [3.8, 4) is 16.9 Å². The normalized spacial score (nSPS) is 11.6. The smallest absolute Gasteiger partial charge is 0.337 e. The van der Waals surface area contributed by atoms with Crippen molar-refractivity contribution in [3.63, 3.8) is 0 Å². The molecular weight excluding hydrogens is 397 g/mol. The van der Waals surface area contributed by atoms with Crippen LogP contribution in [0.1, 0.15) is 16.1 Å². The largest absolute Gasteiger partial charge is 0.478 e. The third kappa shape index (κ3) is 3.84. The lowest BCUT2D eigenvalue weighted by Gasteiger charge is -2.18. The van der Waals surface area contributed by atoms with Crippen LogP contribution in [0, 0.1) is 6.92 Å². The summed E-state index contributed by atoms with van der Waals surface area (Å²) < 4.78 is 1.94. The highest BCUT2D eigenvalue weighted by atomic mass is 35.5. The van der Waals surface area contributed by atoms with E-state index in [9.17, 15) is 9.90 Å². The van der Waals surface area contributed by atoms with Crippen LogP contribution in [0.3, 0.4) is 0 Å². The molecule has 0 saturated heterocycles. The maximum atomic E-state index is 11.7. The lowest BCUT2D eigenvalue weighted by molar-refractivity contribution is 0.0696. The van der Waals surface area contributed by atoms with Gasteiger partial charge in [0, 0.05) is 22.0 Å². The second kappa shape index (κ2) is 7.19. The van der Waals surface area contributed by atoms with E-state index >= 15 is 0 Å². The van der Waals surface area contributed by atoms with E-state index in [0.29, 0.717) is 15.7 Å². The minimum atomic E-state index is -1.42. The van der Waals surface area contributed by atoms with Crippen LogP contribution in [-0.4, -0.2) is 23.7 Å². The lowest BCUT2D eigenvalue weighted by Crippen LogP contribution is -2.37. The van der Waals surface area contributed by atoms with Gasteiger partial charge < -0.3 is 9.67 Å². The van der Waals surface area contributed by atoms with Crippen LogP contribution >= 0.6 is 23.2 Å². The molecule has 3 rings (SSSR count). The summed E-state index contributed by atoms with van der Waals surface area (Å²) in [6, 6.07) is 15.3. The number of carboxylic acids is 1. The lowest BCUT2D eigenvalue weighted by atomic mass is 10.1. The predicted octanol–water partition coefficient (Wildman–Crippen LogP) is 6.00. The van der Waals surface area contributed by atoms with E-state index in [1.807, 2.05) is 29.7 Å². The average molecular weight is 418 g/mol. The number of hydrogen-bond donors (Lipinski definition) is 1. The second-order valence-corrected chi connectivity index (χ2v) is 13.5. The highest BCUT2D eigenvalue weighted by Crippen LogP contribution is 2.35. The van der Waals surface area contributed by atoms with Crippen molar-refractivity contribution in [1.29, 1.82) is 0 Å². The van der Waals surface area contributed by atoms with Gasteiger partial charge in [-0.2, -0.15) is 0 Å². The molecule has 0 aliphatic carbocycles. The molecule has 3 nitrogen and oxygen atoms in total. The molecule has 0 bridgehead atoms. The van der Waals surface area contributed by atoms with Crippen LogP contribution in [-0.2, 0) is 0 Å². The Hall–Kier alpha value is -2.01. The molecule has 0 spiro atoms. The van der Waals surface area contributed by atoms with E-state index in [4.69, 9.17) is 23.2 Å². The van der Waals surface area contributed by atoms with Crippen LogP contribution in [0.4, 0.5) is 0 Å². The van der Waals surface area contributed by atoms with Gasteiger partial charge in [-0.05, 0) is 43.3 Å². The molecule has 1 N–H and O–H groups in total. The minimum Gasteiger partial charge on any atom is -0.478 e. The quantitative estimate of drug-likeness (QED) is 0.528. The number of nitrogens with zero attached hydrogens (tertiary/aromatic N) is 1. The molecule has 0 fully saturated rings. The van der Waals surface area contributed by atoms with Crippen molar-refractivity contribution >= 4 is 42.4 Å². The first-order valence-electron chi connectivity index (χ1n) is 8.61. The highest BCUT2D eigenvalue weighted by molar-refractivity contribution is 6.88. The first-order chi connectivity index (χ1) is 12.6. The molecule has 6 heteroatoms. The molecule has 1 aromatic heterocycles. The number of halogens is 2. The van der Waals surface area contributed by atoms with Crippen LogP contribution in [0.2, 0.25) is 29.7 Å². The van der Waals surface area contributed by atoms with Crippen LogP contribution < -0.4 is 5.19 Å². The molecule has 0 unspecified atom stereocenters. The molecule has 0 amide bonds. The first-order valence-corrected chi connectivity index (χ1v) is 12.9. The van der Waals surface area contributed by atoms with E-state index < -0.39 is 14.0 Å². The molecule has 140 valence electrons. The number of hydrogen-bond acceptors (Lipinski definition) is 1. The van der Waals surface area contributed by atoms with E-state index in [1.165, 1.54) is 5.19 Å². The molecule has 0 aliphatic heterocycles. The Morgan fingerprint density at radius 1 is 1.00 bits per heavy atom. The fourth-order valence-corrected chi connectivity index (χ4v) is 4.83. The summed E-state index contributed by atoms with van der Waals surface area (Å²) in [4.78, 5) is 11.7. The standard InChI is InChI=1S/C21H21Cl2NO2Si/c1-13-18(21(25)26)12-20(17-10-5-14(22)11-19(17)23)24(13)15-6-8-16(9-7-15)27(2,3)4/h5-12H,1-4H3,(H,25,26). The second-order valence-electron chi connectivity index (χ2n) is 7.59. The summed E-state index contributed by atoms with van der Waals surface area (Å²) in [5.41, 5.74) is 3.29. The van der Waals surface area contributed by atoms with Gasteiger partial charge in [0.25, 0.3) is 0 Å². The van der Waals surface area contributed by atoms with Crippen molar-refractivity contribution in [2.45, 2.75) is 26.6 Å². The molecule has 27 heavy (non-hydrogen) atoms. The number of rotatable bonds is 4. The van der Waals surface area contributed by atoms with Gasteiger partial charge in [-0.25, -0.2) is 4.79 Å². The van der Waals surface area contributed by atoms with Crippen molar-refractivity contribution in [1.82, 2.24) is 4.57 Å². The molecular formula is C21H21Cl2NO2Si. The summed E-state index contributed by atoms with van der Waals surface area (Å²) in [5.74, 6) is -0.962. The van der Waals surface area contributed by atoms with Crippen molar-refractivity contribution in [2.75, 3.05) is 0 Å². The summed E-state index contributed by atoms with van der Waals surface area (Å²) in [6.07, 6.45) is 0. The van der Waals surface area contributed by atoms with Gasteiger partial charge in [0.1, 0.15) is 0 Å². The van der Waals surface area contributed by atoms with Crippen molar-refractivity contribution in [2.24, 2.45) is 0 Å². The molecule has 0 radical (unpaired) electrons. The summed E-state index contributed by atoms with van der Waals surface area (Å²) >= 11 is 12.4. The number of carbonyl (C=O) groups is 1. The molecule has 2 aromatic carbocycles. The number of carboxylic acid groups (broad SMARTS) is 1. The number of aromatic nitrogens is 1. The summed E-state index contributed by atoms with van der Waals surface area (Å²) in [7, 11) is -1.42. The maximum absolute atomic E-state index is 11.7. The Morgan fingerprint density at radius 3 is 2.15 bits per heavy atom. The Bertz CT molecular complexity index is 1020. The number of aromatic carboxylic acids is 1. The Labute approximate surface area is 170 Å². The molecule has 0 atom stereocenters. The van der Waals surface area contributed by atoms with E-state index in [0.717, 1.165) is 16.9 Å². The SMILES string of the molecule is Cc1c(C(=O)O)cc(-c2ccc(Cl)cc2Cl)n1-c1ccc([Si](C)(C)C)cc1. The fraction of sp³-hybridized carbons (Fsp3) is 0.190. The van der Waals surface area contributed by atoms with Gasteiger partial charge in [0.15, 0.2) is 0 Å². The van der Waals surface area contributed by atoms with Crippen LogP contribution in [0.25, 0.3) is 16.9 Å². The van der Waals surface area contributed by atoms with E-state index in [1.54, 1.807) is 18.2 Å². The van der Waals surface area contributed by atoms with Gasteiger partial charge in [-0.1, -0.05) is 60.2 Å². The maximum Gasteiger partial charge on any atom is 0.337 e. The minimum absolute atomic E-state index is 0.255. The Kier molecular flexibility index (Phi) is 5.26. The molecule has 3 aromatic rings. The zero-order valence-corrected chi connectivity index (χ0v) is 18.2. The Balaban J connectivity index is 2.24. The van der Waals surface area contributed by atoms with Crippen molar-refractivity contribution in [3.05, 3.63) is 69.8 Å². The van der Waals surface area contributed by atoms with Crippen LogP contribution in [0.5, 0.6) is 0 Å². The van der Waals surface area contributed by atoms with E-state index in [2.05, 4.69) is 31.8 Å². The predicted molar refractivity (Wildman–Crippen MR) is 116 cm³/mol. The van der Waals surface area contributed by atoms with Gasteiger partial charge in [-0.3, -0.25) is 0 Å². The fourth-order valence-electron chi connectivity index (χ4n) is 3.16. The van der Waals surface area contributed by atoms with Crippen molar-refractivity contribution < 1.29 is 9.90 Å².